The molecule has 0 aliphatic rings. The number of rotatable bonds is 4. The molecule has 0 aliphatic heterocycles. The highest BCUT2D eigenvalue weighted by Crippen LogP contribution is 2.05. The van der Waals surface area contributed by atoms with Gasteiger partial charge in [-0.25, -0.2) is 0 Å². The molecule has 0 aliphatic carbocycles. The number of hydrogen-bond donors (Lipinski definition) is 1. The molecule has 0 rings (SSSR count). The fourth-order valence-electron chi connectivity index (χ4n) is 0.530. The standard InChI is InChI=1S/C8H14O/c1-4-7(3)6-8(9)5-2/h4,8-9H,1,3,5-6H2,2H3. The van der Waals surface area contributed by atoms with Crippen LogP contribution in [-0.2, 0) is 0 Å². The van der Waals surface area contributed by atoms with E-state index < -0.39 is 0 Å². The lowest BCUT2D eigenvalue weighted by Gasteiger charge is -2.05. The van der Waals surface area contributed by atoms with Crippen molar-refractivity contribution in [3.63, 3.8) is 0 Å². The summed E-state index contributed by atoms with van der Waals surface area (Å²) in [6.45, 7) is 9.17. The fraction of sp³-hybridized carbons (Fsp3) is 0.500. The summed E-state index contributed by atoms with van der Waals surface area (Å²) in [7, 11) is 0. The van der Waals surface area contributed by atoms with Gasteiger partial charge in [0.25, 0.3) is 0 Å². The summed E-state index contributed by atoms with van der Waals surface area (Å²) in [6.07, 6.45) is 2.88. The summed E-state index contributed by atoms with van der Waals surface area (Å²) in [5.41, 5.74) is 0.907. The van der Waals surface area contributed by atoms with Gasteiger partial charge in [-0.3, -0.25) is 0 Å². The Hall–Kier alpha value is -0.560. The lowest BCUT2D eigenvalue weighted by molar-refractivity contribution is 0.172. The largest absolute Gasteiger partial charge is 0.393 e. The summed E-state index contributed by atoms with van der Waals surface area (Å²) in [4.78, 5) is 0. The van der Waals surface area contributed by atoms with E-state index in [9.17, 15) is 0 Å². The maximum absolute atomic E-state index is 9.05. The smallest absolute Gasteiger partial charge is 0.0577 e. The highest BCUT2D eigenvalue weighted by molar-refractivity contribution is 5.11. The minimum absolute atomic E-state index is 0.240. The van der Waals surface area contributed by atoms with Crippen LogP contribution in [0.5, 0.6) is 0 Å². The third-order valence-corrected chi connectivity index (χ3v) is 1.26. The van der Waals surface area contributed by atoms with Crippen LogP contribution in [0.15, 0.2) is 24.8 Å². The molecule has 0 spiro atoms. The molecule has 0 saturated heterocycles. The van der Waals surface area contributed by atoms with Gasteiger partial charge < -0.3 is 5.11 Å². The molecule has 1 unspecified atom stereocenters. The predicted molar refractivity (Wildman–Crippen MR) is 40.3 cm³/mol. The second kappa shape index (κ2) is 4.33. The van der Waals surface area contributed by atoms with E-state index in [1.165, 1.54) is 0 Å². The van der Waals surface area contributed by atoms with E-state index in [0.29, 0.717) is 6.42 Å². The van der Waals surface area contributed by atoms with E-state index in [1.54, 1.807) is 6.08 Å². The molecule has 0 radical (unpaired) electrons. The van der Waals surface area contributed by atoms with Crippen molar-refractivity contribution in [3.05, 3.63) is 24.8 Å². The first kappa shape index (κ1) is 8.44. The molecular formula is C8H14O. The van der Waals surface area contributed by atoms with Crippen LogP contribution in [-0.4, -0.2) is 11.2 Å². The summed E-state index contributed by atoms with van der Waals surface area (Å²) in [5.74, 6) is 0. The fourth-order valence-corrected chi connectivity index (χ4v) is 0.530. The topological polar surface area (TPSA) is 20.2 Å². The molecule has 0 aromatic carbocycles. The minimum atomic E-state index is -0.240. The lowest BCUT2D eigenvalue weighted by atomic mass is 10.1. The summed E-state index contributed by atoms with van der Waals surface area (Å²) in [6, 6.07) is 0. The molecule has 0 bridgehead atoms. The number of aliphatic hydroxyl groups is 1. The Labute approximate surface area is 56.7 Å². The van der Waals surface area contributed by atoms with E-state index in [-0.39, 0.29) is 6.10 Å². The van der Waals surface area contributed by atoms with Crippen molar-refractivity contribution >= 4 is 0 Å². The van der Waals surface area contributed by atoms with Crippen LogP contribution >= 0.6 is 0 Å². The molecule has 1 atom stereocenters. The molecule has 1 heteroatoms. The molecule has 0 saturated carbocycles. The van der Waals surface area contributed by atoms with Crippen LogP contribution in [0.4, 0.5) is 0 Å². The van der Waals surface area contributed by atoms with Gasteiger partial charge in [-0.05, 0) is 12.8 Å². The van der Waals surface area contributed by atoms with Crippen LogP contribution in [0.25, 0.3) is 0 Å². The summed E-state index contributed by atoms with van der Waals surface area (Å²) in [5, 5.41) is 9.05. The molecule has 1 nitrogen and oxygen atoms in total. The van der Waals surface area contributed by atoms with Crippen molar-refractivity contribution in [1.82, 2.24) is 0 Å². The predicted octanol–water partition coefficient (Wildman–Crippen LogP) is 1.89. The number of hydrogen-bond acceptors (Lipinski definition) is 1. The van der Waals surface area contributed by atoms with E-state index >= 15 is 0 Å². The number of aliphatic hydroxyl groups excluding tert-OH is 1. The zero-order valence-electron chi connectivity index (χ0n) is 5.93. The quantitative estimate of drug-likeness (QED) is 0.570. The van der Waals surface area contributed by atoms with Gasteiger partial charge in [0.05, 0.1) is 6.10 Å². The first-order valence-electron chi connectivity index (χ1n) is 3.19. The maximum Gasteiger partial charge on any atom is 0.0577 e. The highest BCUT2D eigenvalue weighted by atomic mass is 16.3. The van der Waals surface area contributed by atoms with Crippen molar-refractivity contribution in [2.45, 2.75) is 25.9 Å². The Bertz CT molecular complexity index is 105. The van der Waals surface area contributed by atoms with Crippen LogP contribution in [0.1, 0.15) is 19.8 Å². The molecule has 52 valence electrons. The maximum atomic E-state index is 9.05. The molecular weight excluding hydrogens is 112 g/mol. The van der Waals surface area contributed by atoms with E-state index in [0.717, 1.165) is 12.0 Å². The number of allylic oxidation sites excluding steroid dienone is 1. The third kappa shape index (κ3) is 3.98. The Morgan fingerprint density at radius 2 is 2.33 bits per heavy atom. The zero-order chi connectivity index (χ0) is 7.28. The summed E-state index contributed by atoms with van der Waals surface area (Å²) < 4.78 is 0. The van der Waals surface area contributed by atoms with Gasteiger partial charge in [-0.15, -0.1) is 0 Å². The van der Waals surface area contributed by atoms with Crippen molar-refractivity contribution in [2.75, 3.05) is 0 Å². The van der Waals surface area contributed by atoms with Gasteiger partial charge in [-0.1, -0.05) is 31.7 Å². The van der Waals surface area contributed by atoms with Gasteiger partial charge in [0.15, 0.2) is 0 Å². The van der Waals surface area contributed by atoms with Gasteiger partial charge in [-0.2, -0.15) is 0 Å². The Kier molecular flexibility index (Phi) is 4.06. The monoisotopic (exact) mass is 126 g/mol. The Balaban J connectivity index is 3.46. The molecule has 0 aromatic rings. The van der Waals surface area contributed by atoms with Crippen molar-refractivity contribution in [3.8, 4) is 0 Å². The SMILES string of the molecule is C=CC(=C)CC(O)CC. The molecule has 0 heterocycles. The zero-order valence-corrected chi connectivity index (χ0v) is 5.93. The van der Waals surface area contributed by atoms with Crippen molar-refractivity contribution in [2.24, 2.45) is 0 Å². The third-order valence-electron chi connectivity index (χ3n) is 1.26. The molecule has 9 heavy (non-hydrogen) atoms. The second-order valence-corrected chi connectivity index (χ2v) is 2.13. The second-order valence-electron chi connectivity index (χ2n) is 2.13. The van der Waals surface area contributed by atoms with Gasteiger partial charge in [0.1, 0.15) is 0 Å². The van der Waals surface area contributed by atoms with E-state index in [1.807, 2.05) is 6.92 Å². The Morgan fingerprint density at radius 1 is 1.78 bits per heavy atom. The van der Waals surface area contributed by atoms with Gasteiger partial charge >= 0.3 is 0 Å². The average molecular weight is 126 g/mol. The van der Waals surface area contributed by atoms with Gasteiger partial charge in [0, 0.05) is 0 Å². The van der Waals surface area contributed by atoms with E-state index in [4.69, 9.17) is 5.11 Å². The highest BCUT2D eigenvalue weighted by Gasteiger charge is 1.99. The van der Waals surface area contributed by atoms with Crippen LogP contribution in [0.3, 0.4) is 0 Å². The minimum Gasteiger partial charge on any atom is -0.393 e. The van der Waals surface area contributed by atoms with Gasteiger partial charge in [0.2, 0.25) is 0 Å². The normalized spacial score (nSPS) is 12.7. The Morgan fingerprint density at radius 3 is 2.67 bits per heavy atom. The van der Waals surface area contributed by atoms with Crippen LogP contribution < -0.4 is 0 Å². The van der Waals surface area contributed by atoms with E-state index in [2.05, 4.69) is 13.2 Å². The molecule has 1 N–H and O–H groups in total. The van der Waals surface area contributed by atoms with Crippen LogP contribution in [0.2, 0.25) is 0 Å². The van der Waals surface area contributed by atoms with Crippen molar-refractivity contribution in [1.29, 1.82) is 0 Å². The summed E-state index contributed by atoms with van der Waals surface area (Å²) >= 11 is 0. The molecule has 0 fully saturated rings. The molecule has 0 aromatic heterocycles. The molecule has 0 amide bonds. The first-order chi connectivity index (χ1) is 4.20. The first-order valence-corrected chi connectivity index (χ1v) is 3.19. The van der Waals surface area contributed by atoms with Crippen molar-refractivity contribution < 1.29 is 5.11 Å². The average Bonchev–Trinajstić information content (AvgIpc) is 1.87. The lowest BCUT2D eigenvalue weighted by Crippen LogP contribution is -2.03. The van der Waals surface area contributed by atoms with Crippen LogP contribution in [0, 0.1) is 0 Å².